The number of rotatable bonds is 3. The molecule has 1 aromatic carbocycles. The first-order valence-electron chi connectivity index (χ1n) is 4.83. The third-order valence-electron chi connectivity index (χ3n) is 2.29. The maximum atomic E-state index is 10.6. The summed E-state index contributed by atoms with van der Waals surface area (Å²) < 4.78 is 5.70. The van der Waals surface area contributed by atoms with Crippen molar-refractivity contribution in [3.8, 4) is 5.75 Å². The lowest BCUT2D eigenvalue weighted by Crippen LogP contribution is -2.14. The van der Waals surface area contributed by atoms with Gasteiger partial charge in [0.1, 0.15) is 11.9 Å². The van der Waals surface area contributed by atoms with Crippen LogP contribution in [0, 0.1) is 0 Å². The number of carboxylic acids is 1. The molecule has 0 aliphatic carbocycles. The molecule has 0 unspecified atom stereocenters. The fourth-order valence-corrected chi connectivity index (χ4v) is 2.57. The molecule has 15 heavy (non-hydrogen) atoms. The molecule has 2 rings (SSSR count). The lowest BCUT2D eigenvalue weighted by molar-refractivity contribution is 0.0697. The van der Waals surface area contributed by atoms with Crippen LogP contribution in [0.4, 0.5) is 0 Å². The van der Waals surface area contributed by atoms with E-state index in [4.69, 9.17) is 9.84 Å². The van der Waals surface area contributed by atoms with Crippen molar-refractivity contribution in [2.45, 2.75) is 12.5 Å². The molecule has 1 atom stereocenters. The summed E-state index contributed by atoms with van der Waals surface area (Å²) in [7, 11) is 0. The number of thioether (sulfide) groups is 1. The molecule has 1 fully saturated rings. The molecule has 1 aliphatic heterocycles. The Morgan fingerprint density at radius 3 is 2.67 bits per heavy atom. The van der Waals surface area contributed by atoms with Gasteiger partial charge in [-0.2, -0.15) is 11.8 Å². The topological polar surface area (TPSA) is 46.5 Å². The predicted molar refractivity (Wildman–Crippen MR) is 59.8 cm³/mol. The molecule has 1 aromatic rings. The maximum absolute atomic E-state index is 10.6. The molecule has 0 radical (unpaired) electrons. The summed E-state index contributed by atoms with van der Waals surface area (Å²) in [5, 5.41) is 8.72. The van der Waals surface area contributed by atoms with Crippen LogP contribution in [-0.4, -0.2) is 28.7 Å². The predicted octanol–water partition coefficient (Wildman–Crippen LogP) is 2.27. The second-order valence-electron chi connectivity index (χ2n) is 3.43. The highest BCUT2D eigenvalue weighted by Crippen LogP contribution is 2.23. The SMILES string of the molecule is O=C(O)c1ccc(O[C@@H]2CCSC2)cc1. The molecule has 1 saturated heterocycles. The van der Waals surface area contributed by atoms with E-state index in [0.717, 1.165) is 23.7 Å². The molecule has 0 bridgehead atoms. The van der Waals surface area contributed by atoms with E-state index in [9.17, 15) is 4.79 Å². The molecule has 3 nitrogen and oxygen atoms in total. The molecule has 4 heteroatoms. The number of carboxylic acid groups (broad SMARTS) is 1. The van der Waals surface area contributed by atoms with Crippen molar-refractivity contribution in [2.24, 2.45) is 0 Å². The van der Waals surface area contributed by atoms with Crippen LogP contribution in [0.5, 0.6) is 5.75 Å². The molecule has 1 heterocycles. The number of benzene rings is 1. The average molecular weight is 224 g/mol. The van der Waals surface area contributed by atoms with Crippen molar-refractivity contribution < 1.29 is 14.6 Å². The number of ether oxygens (including phenoxy) is 1. The summed E-state index contributed by atoms with van der Waals surface area (Å²) in [6, 6.07) is 6.57. The van der Waals surface area contributed by atoms with Crippen LogP contribution in [0.3, 0.4) is 0 Å². The first kappa shape index (κ1) is 10.4. The molecule has 1 N–H and O–H groups in total. The molecule has 0 amide bonds. The van der Waals surface area contributed by atoms with Gasteiger partial charge in [0.2, 0.25) is 0 Å². The van der Waals surface area contributed by atoms with Gasteiger partial charge in [-0.15, -0.1) is 0 Å². The highest BCUT2D eigenvalue weighted by Gasteiger charge is 2.16. The highest BCUT2D eigenvalue weighted by molar-refractivity contribution is 7.99. The van der Waals surface area contributed by atoms with Crippen molar-refractivity contribution in [2.75, 3.05) is 11.5 Å². The molecule has 0 saturated carbocycles. The summed E-state index contributed by atoms with van der Waals surface area (Å²) in [6.07, 6.45) is 1.36. The van der Waals surface area contributed by atoms with Crippen LogP contribution in [0.25, 0.3) is 0 Å². The third kappa shape index (κ3) is 2.65. The van der Waals surface area contributed by atoms with Gasteiger partial charge >= 0.3 is 5.97 Å². The summed E-state index contributed by atoms with van der Waals surface area (Å²) >= 11 is 1.89. The Labute approximate surface area is 92.4 Å². The first-order valence-corrected chi connectivity index (χ1v) is 5.99. The number of aromatic carboxylic acids is 1. The lowest BCUT2D eigenvalue weighted by Gasteiger charge is -2.12. The van der Waals surface area contributed by atoms with Gasteiger partial charge in [-0.3, -0.25) is 0 Å². The fourth-order valence-electron chi connectivity index (χ4n) is 1.47. The zero-order valence-corrected chi connectivity index (χ0v) is 9.00. The average Bonchev–Trinajstić information content (AvgIpc) is 2.71. The second-order valence-corrected chi connectivity index (χ2v) is 4.58. The minimum Gasteiger partial charge on any atom is -0.490 e. The number of hydrogen-bond donors (Lipinski definition) is 1. The number of hydrogen-bond acceptors (Lipinski definition) is 3. The van der Waals surface area contributed by atoms with Gasteiger partial charge in [-0.05, 0) is 36.4 Å². The van der Waals surface area contributed by atoms with Crippen LogP contribution >= 0.6 is 11.8 Å². The summed E-state index contributed by atoms with van der Waals surface area (Å²) in [5.74, 6) is 2.03. The zero-order valence-electron chi connectivity index (χ0n) is 8.18. The monoisotopic (exact) mass is 224 g/mol. The molecule has 80 valence electrons. The van der Waals surface area contributed by atoms with E-state index >= 15 is 0 Å². The van der Waals surface area contributed by atoms with Gasteiger partial charge in [0, 0.05) is 5.75 Å². The van der Waals surface area contributed by atoms with Gasteiger partial charge < -0.3 is 9.84 Å². The molecular weight excluding hydrogens is 212 g/mol. The Balaban J connectivity index is 2.00. The highest BCUT2D eigenvalue weighted by atomic mass is 32.2. The molecule has 0 spiro atoms. The van der Waals surface area contributed by atoms with E-state index in [-0.39, 0.29) is 6.10 Å². The van der Waals surface area contributed by atoms with Crippen LogP contribution in [-0.2, 0) is 0 Å². The zero-order chi connectivity index (χ0) is 10.7. The number of carbonyl (C=O) groups is 1. The van der Waals surface area contributed by atoms with E-state index in [1.54, 1.807) is 24.3 Å². The molecule has 1 aliphatic rings. The van der Waals surface area contributed by atoms with Crippen molar-refractivity contribution in [1.29, 1.82) is 0 Å². The summed E-state index contributed by atoms with van der Waals surface area (Å²) in [6.45, 7) is 0. The lowest BCUT2D eigenvalue weighted by atomic mass is 10.2. The van der Waals surface area contributed by atoms with Crippen LogP contribution in [0.15, 0.2) is 24.3 Å². The van der Waals surface area contributed by atoms with E-state index in [0.29, 0.717) is 5.56 Å². The van der Waals surface area contributed by atoms with Gasteiger partial charge in [0.05, 0.1) is 5.56 Å². The largest absolute Gasteiger partial charge is 0.490 e. The van der Waals surface area contributed by atoms with Gasteiger partial charge in [-0.25, -0.2) is 4.79 Å². The molecular formula is C11H12O3S. The van der Waals surface area contributed by atoms with E-state index in [1.807, 2.05) is 11.8 Å². The van der Waals surface area contributed by atoms with E-state index in [1.165, 1.54) is 0 Å². The minimum absolute atomic E-state index is 0.283. The minimum atomic E-state index is -0.905. The van der Waals surface area contributed by atoms with Crippen LogP contribution in [0.2, 0.25) is 0 Å². The molecule has 0 aromatic heterocycles. The van der Waals surface area contributed by atoms with Crippen molar-refractivity contribution in [1.82, 2.24) is 0 Å². The van der Waals surface area contributed by atoms with Crippen LogP contribution in [0.1, 0.15) is 16.8 Å². The quantitative estimate of drug-likeness (QED) is 0.855. The Kier molecular flexibility index (Phi) is 3.16. The van der Waals surface area contributed by atoms with Gasteiger partial charge in [0.25, 0.3) is 0 Å². The standard InChI is InChI=1S/C11H12O3S/c12-11(13)8-1-3-9(4-2-8)14-10-5-6-15-7-10/h1-4,10H,5-7H2,(H,12,13)/t10-/m1/s1. The third-order valence-corrected chi connectivity index (χ3v) is 3.42. The Bertz CT molecular complexity index is 341. The fraction of sp³-hybridized carbons (Fsp3) is 0.364. The summed E-state index contributed by atoms with van der Waals surface area (Å²) in [5.41, 5.74) is 0.295. The van der Waals surface area contributed by atoms with Crippen molar-refractivity contribution >= 4 is 17.7 Å². The van der Waals surface area contributed by atoms with Crippen LogP contribution < -0.4 is 4.74 Å². The van der Waals surface area contributed by atoms with Gasteiger partial charge in [-0.1, -0.05) is 0 Å². The first-order chi connectivity index (χ1) is 7.25. The Morgan fingerprint density at radius 1 is 1.40 bits per heavy atom. The normalized spacial score (nSPS) is 20.1. The Morgan fingerprint density at radius 2 is 2.13 bits per heavy atom. The smallest absolute Gasteiger partial charge is 0.335 e. The van der Waals surface area contributed by atoms with E-state index < -0.39 is 5.97 Å². The maximum Gasteiger partial charge on any atom is 0.335 e. The van der Waals surface area contributed by atoms with Gasteiger partial charge in [0.15, 0.2) is 0 Å². The van der Waals surface area contributed by atoms with Crippen molar-refractivity contribution in [3.05, 3.63) is 29.8 Å². The Hall–Kier alpha value is -1.16. The second kappa shape index (κ2) is 4.57. The van der Waals surface area contributed by atoms with Crippen molar-refractivity contribution in [3.63, 3.8) is 0 Å². The summed E-state index contributed by atoms with van der Waals surface area (Å²) in [4.78, 5) is 10.6. The van der Waals surface area contributed by atoms with E-state index in [2.05, 4.69) is 0 Å².